The van der Waals surface area contributed by atoms with E-state index in [1.807, 2.05) is 32.0 Å². The zero-order valence-corrected chi connectivity index (χ0v) is 17.6. The predicted molar refractivity (Wildman–Crippen MR) is 117 cm³/mol. The molecule has 30 heavy (non-hydrogen) atoms. The van der Waals surface area contributed by atoms with E-state index in [1.54, 1.807) is 41.4 Å². The number of hydrogen-bond donors (Lipinski definition) is 1. The summed E-state index contributed by atoms with van der Waals surface area (Å²) in [6.07, 6.45) is 4.19. The van der Waals surface area contributed by atoms with Gasteiger partial charge in [0, 0.05) is 43.4 Å². The number of fused-ring (bicyclic) bond motifs is 2. The molecule has 156 valence electrons. The molecule has 7 heteroatoms. The predicted octanol–water partition coefficient (Wildman–Crippen LogP) is 3.25. The number of nitrogens with zero attached hydrogens (tertiary/aromatic N) is 2. The Kier molecular flexibility index (Phi) is 5.11. The average Bonchev–Trinajstić information content (AvgIpc) is 3.18. The summed E-state index contributed by atoms with van der Waals surface area (Å²) < 4.78 is 14.7. The van der Waals surface area contributed by atoms with E-state index in [-0.39, 0.29) is 17.7 Å². The number of imidazole rings is 1. The number of anilines is 1. The van der Waals surface area contributed by atoms with Gasteiger partial charge < -0.3 is 14.8 Å². The van der Waals surface area contributed by atoms with Crippen LogP contribution in [0.25, 0.3) is 17.1 Å². The number of rotatable bonds is 5. The van der Waals surface area contributed by atoms with Crippen molar-refractivity contribution in [1.29, 1.82) is 0 Å². The molecule has 0 aliphatic carbocycles. The summed E-state index contributed by atoms with van der Waals surface area (Å²) in [7, 11) is 3.44. The molecule has 0 saturated heterocycles. The van der Waals surface area contributed by atoms with Crippen molar-refractivity contribution >= 4 is 28.7 Å². The highest BCUT2D eigenvalue weighted by Crippen LogP contribution is 2.35. The maximum atomic E-state index is 12.5. The van der Waals surface area contributed by atoms with Crippen molar-refractivity contribution in [1.82, 2.24) is 9.13 Å². The van der Waals surface area contributed by atoms with Gasteiger partial charge in [0.15, 0.2) is 0 Å². The SMILES string of the molecule is CCOc1cc2c(cc1/C=C/C(=O)Nc1ccc3c(c1)n(C)c(=O)n3C)OC(C)C2. The smallest absolute Gasteiger partial charge is 0.328 e. The molecule has 0 radical (unpaired) electrons. The van der Waals surface area contributed by atoms with Gasteiger partial charge in [0.25, 0.3) is 0 Å². The Morgan fingerprint density at radius 1 is 1.23 bits per heavy atom. The van der Waals surface area contributed by atoms with Crippen molar-refractivity contribution in [3.8, 4) is 11.5 Å². The number of carbonyl (C=O) groups is 1. The normalized spacial score (nSPS) is 15.4. The van der Waals surface area contributed by atoms with E-state index < -0.39 is 0 Å². The van der Waals surface area contributed by atoms with Gasteiger partial charge in [0.05, 0.1) is 17.6 Å². The molecule has 1 unspecified atom stereocenters. The van der Waals surface area contributed by atoms with Crippen LogP contribution in [0.15, 0.2) is 41.2 Å². The third-order valence-electron chi connectivity index (χ3n) is 5.28. The third kappa shape index (κ3) is 3.58. The number of amides is 1. The highest BCUT2D eigenvalue weighted by atomic mass is 16.5. The van der Waals surface area contributed by atoms with Crippen LogP contribution in [-0.2, 0) is 25.3 Å². The minimum atomic E-state index is -0.271. The lowest BCUT2D eigenvalue weighted by atomic mass is 10.1. The molecule has 4 rings (SSSR count). The van der Waals surface area contributed by atoms with Crippen molar-refractivity contribution in [3.63, 3.8) is 0 Å². The number of ether oxygens (including phenoxy) is 2. The van der Waals surface area contributed by atoms with Crippen molar-refractivity contribution in [2.75, 3.05) is 11.9 Å². The lowest BCUT2D eigenvalue weighted by Crippen LogP contribution is -2.19. The number of hydrogen-bond acceptors (Lipinski definition) is 4. The van der Waals surface area contributed by atoms with Gasteiger partial charge in [-0.05, 0) is 50.3 Å². The Labute approximate surface area is 174 Å². The molecule has 1 atom stereocenters. The summed E-state index contributed by atoms with van der Waals surface area (Å²) in [5.41, 5.74) is 3.99. The van der Waals surface area contributed by atoms with Crippen molar-refractivity contribution in [3.05, 3.63) is 58.0 Å². The van der Waals surface area contributed by atoms with Crippen LogP contribution in [0.5, 0.6) is 11.5 Å². The van der Waals surface area contributed by atoms with E-state index in [2.05, 4.69) is 5.32 Å². The second-order valence-electron chi connectivity index (χ2n) is 7.49. The molecule has 2 aromatic carbocycles. The lowest BCUT2D eigenvalue weighted by molar-refractivity contribution is -0.111. The van der Waals surface area contributed by atoms with Gasteiger partial charge in [-0.15, -0.1) is 0 Å². The Balaban J connectivity index is 1.56. The van der Waals surface area contributed by atoms with Crippen LogP contribution in [0.4, 0.5) is 5.69 Å². The van der Waals surface area contributed by atoms with Crippen LogP contribution in [0.1, 0.15) is 25.0 Å². The van der Waals surface area contributed by atoms with Gasteiger partial charge in [-0.25, -0.2) is 4.79 Å². The fourth-order valence-corrected chi connectivity index (χ4v) is 3.80. The van der Waals surface area contributed by atoms with E-state index >= 15 is 0 Å². The molecule has 0 saturated carbocycles. The monoisotopic (exact) mass is 407 g/mol. The summed E-state index contributed by atoms with van der Waals surface area (Å²) in [6.45, 7) is 4.50. The third-order valence-corrected chi connectivity index (χ3v) is 5.28. The maximum absolute atomic E-state index is 12.5. The number of aryl methyl sites for hydroxylation is 2. The van der Waals surface area contributed by atoms with Crippen LogP contribution in [-0.4, -0.2) is 27.8 Å². The van der Waals surface area contributed by atoms with Crippen LogP contribution in [0.3, 0.4) is 0 Å². The number of benzene rings is 2. The first-order valence-corrected chi connectivity index (χ1v) is 9.98. The average molecular weight is 407 g/mol. The quantitative estimate of drug-likeness (QED) is 0.659. The van der Waals surface area contributed by atoms with Crippen LogP contribution in [0, 0.1) is 0 Å². The van der Waals surface area contributed by atoms with E-state index in [9.17, 15) is 9.59 Å². The summed E-state index contributed by atoms with van der Waals surface area (Å²) in [6, 6.07) is 9.30. The first-order valence-electron chi connectivity index (χ1n) is 9.98. The Hall–Kier alpha value is -3.48. The first-order chi connectivity index (χ1) is 14.4. The topological polar surface area (TPSA) is 74.5 Å². The van der Waals surface area contributed by atoms with Crippen LogP contribution < -0.4 is 20.5 Å². The van der Waals surface area contributed by atoms with Crippen LogP contribution >= 0.6 is 0 Å². The number of aromatic nitrogens is 2. The summed E-state index contributed by atoms with van der Waals surface area (Å²) in [5, 5.41) is 2.85. The second kappa shape index (κ2) is 7.74. The van der Waals surface area contributed by atoms with E-state index in [4.69, 9.17) is 9.47 Å². The van der Waals surface area contributed by atoms with Gasteiger partial charge >= 0.3 is 5.69 Å². The molecule has 2 heterocycles. The zero-order chi connectivity index (χ0) is 21.4. The van der Waals surface area contributed by atoms with Gasteiger partial charge in [0.2, 0.25) is 5.91 Å². The summed E-state index contributed by atoms with van der Waals surface area (Å²) >= 11 is 0. The fraction of sp³-hybridized carbons (Fsp3) is 0.304. The molecule has 0 bridgehead atoms. The molecule has 1 aliphatic rings. The van der Waals surface area contributed by atoms with Crippen molar-refractivity contribution in [2.45, 2.75) is 26.4 Å². The first kappa shape index (κ1) is 19.8. The molecule has 7 nitrogen and oxygen atoms in total. The molecule has 0 fully saturated rings. The van der Waals surface area contributed by atoms with Crippen molar-refractivity contribution < 1.29 is 14.3 Å². The molecule has 1 amide bonds. The fourth-order valence-electron chi connectivity index (χ4n) is 3.80. The van der Waals surface area contributed by atoms with Gasteiger partial charge in [-0.1, -0.05) is 0 Å². The highest BCUT2D eigenvalue weighted by Gasteiger charge is 2.21. The lowest BCUT2D eigenvalue weighted by Gasteiger charge is -2.10. The summed E-state index contributed by atoms with van der Waals surface area (Å²) in [5.74, 6) is 1.30. The zero-order valence-electron chi connectivity index (χ0n) is 17.6. The Bertz CT molecular complexity index is 1220. The largest absolute Gasteiger partial charge is 0.493 e. The molecule has 0 spiro atoms. The summed E-state index contributed by atoms with van der Waals surface area (Å²) in [4.78, 5) is 24.6. The molecule has 3 aromatic rings. The van der Waals surface area contributed by atoms with Gasteiger partial charge in [-0.2, -0.15) is 0 Å². The van der Waals surface area contributed by atoms with Crippen molar-refractivity contribution in [2.24, 2.45) is 14.1 Å². The van der Waals surface area contributed by atoms with Gasteiger partial charge in [-0.3, -0.25) is 13.9 Å². The standard InChI is InChI=1S/C23H25N3O4/c1-5-29-20-12-16-10-14(2)30-21(16)11-15(20)6-9-22(27)24-17-7-8-18-19(13-17)26(4)23(28)25(18)3/h6-9,11-14H,5,10H2,1-4H3,(H,24,27)/b9-6+. The molecule has 1 aliphatic heterocycles. The van der Waals surface area contributed by atoms with E-state index in [1.165, 1.54) is 6.08 Å². The van der Waals surface area contributed by atoms with E-state index in [0.717, 1.165) is 40.1 Å². The Morgan fingerprint density at radius 3 is 2.77 bits per heavy atom. The molecular formula is C23H25N3O4. The Morgan fingerprint density at radius 2 is 2.00 bits per heavy atom. The number of carbonyl (C=O) groups excluding carboxylic acids is 1. The molecular weight excluding hydrogens is 382 g/mol. The van der Waals surface area contributed by atoms with Gasteiger partial charge in [0.1, 0.15) is 17.6 Å². The molecule has 1 N–H and O–H groups in total. The van der Waals surface area contributed by atoms with Crippen LogP contribution in [0.2, 0.25) is 0 Å². The minimum absolute atomic E-state index is 0.107. The maximum Gasteiger partial charge on any atom is 0.328 e. The highest BCUT2D eigenvalue weighted by molar-refractivity contribution is 6.03. The second-order valence-corrected chi connectivity index (χ2v) is 7.49. The van der Waals surface area contributed by atoms with E-state index in [0.29, 0.717) is 12.3 Å². The molecule has 1 aromatic heterocycles. The number of nitrogens with one attached hydrogen (secondary N) is 1. The minimum Gasteiger partial charge on any atom is -0.493 e.